The quantitative estimate of drug-likeness (QED) is 0.413. The smallest absolute Gasteiger partial charge is 0.296 e. The van der Waals surface area contributed by atoms with Gasteiger partial charge >= 0.3 is 0 Å². The maximum Gasteiger partial charge on any atom is 0.296 e. The van der Waals surface area contributed by atoms with Crippen molar-refractivity contribution in [3.05, 3.63) is 64.7 Å². The minimum Gasteiger partial charge on any atom is -0.348 e. The van der Waals surface area contributed by atoms with E-state index in [9.17, 15) is 13.2 Å². The van der Waals surface area contributed by atoms with Gasteiger partial charge in [-0.25, -0.2) is 0 Å². The highest BCUT2D eigenvalue weighted by Gasteiger charge is 2.28. The van der Waals surface area contributed by atoms with Crippen LogP contribution in [-0.4, -0.2) is 40.1 Å². The Labute approximate surface area is 195 Å². The molecule has 2 aromatic rings. The molecule has 0 unspecified atom stereocenters. The van der Waals surface area contributed by atoms with E-state index in [-0.39, 0.29) is 35.3 Å². The first-order chi connectivity index (χ1) is 14.4. The molecule has 0 spiro atoms. The van der Waals surface area contributed by atoms with Crippen molar-refractivity contribution in [2.75, 3.05) is 13.7 Å². The predicted octanol–water partition coefficient (Wildman–Crippen LogP) is 3.97. The fourth-order valence-electron chi connectivity index (χ4n) is 3.73. The summed E-state index contributed by atoms with van der Waals surface area (Å²) in [6, 6.07) is 14.0. The number of amides is 1. The normalized spacial score (nSPS) is 18.4. The first-order valence-electron chi connectivity index (χ1n) is 10.1. The van der Waals surface area contributed by atoms with Gasteiger partial charge in [0.1, 0.15) is 0 Å². The lowest BCUT2D eigenvalue weighted by atomic mass is 10.1. The molecule has 0 aliphatic heterocycles. The van der Waals surface area contributed by atoms with Crippen molar-refractivity contribution < 1.29 is 17.4 Å². The Morgan fingerprint density at radius 1 is 1.06 bits per heavy atom. The highest BCUT2D eigenvalue weighted by molar-refractivity contribution is 7.86. The SMILES string of the molecule is COS(=O)(=O)c1ccc(C(=O)N[C@@H]2CCC[C@H]2NCCCc2ccc(Cl)cc2)cc1.Cl. The second-order valence-corrected chi connectivity index (χ2v) is 9.60. The molecule has 1 saturated carbocycles. The van der Waals surface area contributed by atoms with E-state index in [1.165, 1.54) is 29.8 Å². The summed E-state index contributed by atoms with van der Waals surface area (Å²) in [5, 5.41) is 7.40. The van der Waals surface area contributed by atoms with Crippen molar-refractivity contribution in [1.29, 1.82) is 0 Å². The van der Waals surface area contributed by atoms with Gasteiger partial charge in [-0.3, -0.25) is 8.98 Å². The van der Waals surface area contributed by atoms with Crippen LogP contribution in [-0.2, 0) is 20.7 Å². The molecule has 2 aromatic carbocycles. The molecule has 2 N–H and O–H groups in total. The topological polar surface area (TPSA) is 84.5 Å². The van der Waals surface area contributed by atoms with E-state index >= 15 is 0 Å². The van der Waals surface area contributed by atoms with Gasteiger partial charge in [0, 0.05) is 22.7 Å². The maximum atomic E-state index is 12.6. The third kappa shape index (κ3) is 7.19. The zero-order valence-electron chi connectivity index (χ0n) is 17.3. The van der Waals surface area contributed by atoms with E-state index in [0.717, 1.165) is 50.8 Å². The van der Waals surface area contributed by atoms with Gasteiger partial charge in [0.05, 0.1) is 12.0 Å². The Kier molecular flexibility index (Phi) is 9.78. The first kappa shape index (κ1) is 25.6. The van der Waals surface area contributed by atoms with Crippen molar-refractivity contribution in [3.63, 3.8) is 0 Å². The maximum absolute atomic E-state index is 12.6. The zero-order chi connectivity index (χ0) is 21.6. The van der Waals surface area contributed by atoms with E-state index < -0.39 is 10.1 Å². The number of rotatable bonds is 9. The number of aryl methyl sites for hydroxylation is 1. The lowest BCUT2D eigenvalue weighted by Gasteiger charge is -2.22. The average molecular weight is 487 g/mol. The van der Waals surface area contributed by atoms with Gasteiger partial charge in [0.2, 0.25) is 0 Å². The van der Waals surface area contributed by atoms with E-state index in [0.29, 0.717) is 5.56 Å². The van der Waals surface area contributed by atoms with Crippen LogP contribution < -0.4 is 10.6 Å². The summed E-state index contributed by atoms with van der Waals surface area (Å²) in [4.78, 5) is 12.6. The summed E-state index contributed by atoms with van der Waals surface area (Å²) in [6.07, 6.45) is 5.00. The molecular weight excluding hydrogens is 459 g/mol. The number of hydrogen-bond acceptors (Lipinski definition) is 5. The van der Waals surface area contributed by atoms with Crippen LogP contribution in [0.5, 0.6) is 0 Å². The number of benzene rings is 2. The van der Waals surface area contributed by atoms with Crippen molar-refractivity contribution in [2.45, 2.75) is 49.1 Å². The summed E-state index contributed by atoms with van der Waals surface area (Å²) < 4.78 is 27.9. The lowest BCUT2D eigenvalue weighted by molar-refractivity contribution is 0.0931. The number of carbonyl (C=O) groups is 1. The van der Waals surface area contributed by atoms with Gasteiger partial charge in [-0.2, -0.15) is 8.42 Å². The Balaban J connectivity index is 0.00000341. The number of carbonyl (C=O) groups excluding carboxylic acids is 1. The molecule has 1 aliphatic rings. The third-order valence-electron chi connectivity index (χ3n) is 5.42. The minimum absolute atomic E-state index is 0. The molecule has 1 fully saturated rings. The summed E-state index contributed by atoms with van der Waals surface area (Å²) >= 11 is 5.92. The van der Waals surface area contributed by atoms with E-state index in [4.69, 9.17) is 11.6 Å². The average Bonchev–Trinajstić information content (AvgIpc) is 3.19. The molecule has 1 aliphatic carbocycles. The molecular formula is C22H28Cl2N2O4S. The Morgan fingerprint density at radius 3 is 2.35 bits per heavy atom. The predicted molar refractivity (Wildman–Crippen MR) is 125 cm³/mol. The van der Waals surface area contributed by atoms with Crippen molar-refractivity contribution in [2.24, 2.45) is 0 Å². The van der Waals surface area contributed by atoms with E-state index in [1.54, 1.807) is 0 Å². The van der Waals surface area contributed by atoms with Crippen LogP contribution in [0.1, 0.15) is 41.6 Å². The molecule has 0 heterocycles. The van der Waals surface area contributed by atoms with Gasteiger partial charge < -0.3 is 10.6 Å². The van der Waals surface area contributed by atoms with Crippen LogP contribution in [0.3, 0.4) is 0 Å². The summed E-state index contributed by atoms with van der Waals surface area (Å²) in [6.45, 7) is 0.878. The van der Waals surface area contributed by atoms with Crippen LogP contribution in [0.25, 0.3) is 0 Å². The van der Waals surface area contributed by atoms with Crippen LogP contribution in [0.15, 0.2) is 53.4 Å². The fourth-order valence-corrected chi connectivity index (χ4v) is 4.52. The molecule has 31 heavy (non-hydrogen) atoms. The standard InChI is InChI=1S/C22H27ClN2O4S.ClH/c1-29-30(27,28)19-13-9-17(10-14-19)22(26)25-21-6-2-5-20(21)24-15-3-4-16-7-11-18(23)12-8-16;/h7-14,20-21,24H,2-6,15H2,1H3,(H,25,26);1H/t20-,21-;/m1./s1. The molecule has 0 bridgehead atoms. The molecule has 1 amide bonds. The molecule has 170 valence electrons. The van der Waals surface area contributed by atoms with Gasteiger partial charge in [-0.05, 0) is 80.6 Å². The van der Waals surface area contributed by atoms with Gasteiger partial charge in [0.25, 0.3) is 16.0 Å². The Bertz CT molecular complexity index is 950. The summed E-state index contributed by atoms with van der Waals surface area (Å²) in [5.41, 5.74) is 1.69. The number of halogens is 2. The molecule has 9 heteroatoms. The number of nitrogens with one attached hydrogen (secondary N) is 2. The van der Waals surface area contributed by atoms with Crippen molar-refractivity contribution >= 4 is 40.0 Å². The zero-order valence-corrected chi connectivity index (χ0v) is 19.7. The van der Waals surface area contributed by atoms with Crippen LogP contribution >= 0.6 is 24.0 Å². The van der Waals surface area contributed by atoms with Crippen LogP contribution in [0, 0.1) is 0 Å². The molecule has 6 nitrogen and oxygen atoms in total. The first-order valence-corrected chi connectivity index (χ1v) is 11.9. The van der Waals surface area contributed by atoms with Crippen LogP contribution in [0.4, 0.5) is 0 Å². The molecule has 3 rings (SSSR count). The Hall–Kier alpha value is -1.64. The molecule has 2 atom stereocenters. The van der Waals surface area contributed by atoms with Gasteiger partial charge in [-0.1, -0.05) is 23.7 Å². The second-order valence-electron chi connectivity index (χ2n) is 7.45. The molecule has 0 radical (unpaired) electrons. The number of hydrogen-bond donors (Lipinski definition) is 2. The monoisotopic (exact) mass is 486 g/mol. The summed E-state index contributed by atoms with van der Waals surface area (Å²) in [5.74, 6) is -0.198. The highest BCUT2D eigenvalue weighted by atomic mass is 35.5. The highest BCUT2D eigenvalue weighted by Crippen LogP contribution is 2.20. The fraction of sp³-hybridized carbons (Fsp3) is 0.409. The molecule has 0 saturated heterocycles. The van der Waals surface area contributed by atoms with Crippen molar-refractivity contribution in [3.8, 4) is 0 Å². The molecule has 0 aromatic heterocycles. The minimum atomic E-state index is -3.76. The summed E-state index contributed by atoms with van der Waals surface area (Å²) in [7, 11) is -2.65. The van der Waals surface area contributed by atoms with Crippen LogP contribution in [0.2, 0.25) is 5.02 Å². The van der Waals surface area contributed by atoms with E-state index in [2.05, 4.69) is 14.8 Å². The van der Waals surface area contributed by atoms with Crippen molar-refractivity contribution in [1.82, 2.24) is 10.6 Å². The lowest BCUT2D eigenvalue weighted by Crippen LogP contribution is -2.47. The second kappa shape index (κ2) is 11.8. The van der Waals surface area contributed by atoms with Gasteiger partial charge in [-0.15, -0.1) is 12.4 Å². The van der Waals surface area contributed by atoms with Gasteiger partial charge in [0.15, 0.2) is 0 Å². The Morgan fingerprint density at radius 2 is 1.71 bits per heavy atom. The van der Waals surface area contributed by atoms with E-state index in [1.807, 2.05) is 24.3 Å². The largest absolute Gasteiger partial charge is 0.348 e. The third-order valence-corrected chi connectivity index (χ3v) is 6.96.